The predicted octanol–water partition coefficient (Wildman–Crippen LogP) is 4.66. The van der Waals surface area contributed by atoms with Gasteiger partial charge >= 0.3 is 6.16 Å². The van der Waals surface area contributed by atoms with Crippen LogP contribution in [0, 0.1) is 34.5 Å². The molecule has 0 radical (unpaired) electrons. The molecule has 5 nitrogen and oxygen atoms in total. The van der Waals surface area contributed by atoms with Crippen molar-refractivity contribution >= 4 is 6.16 Å². The maximum Gasteiger partial charge on any atom is 0.508 e. The number of carbonyl (C=O) groups is 1. The number of fused-ring (bicyclic) bond motifs is 1. The Morgan fingerprint density at radius 1 is 1.27 bits per heavy atom. The average molecular weight is 371 g/mol. The molecule has 152 valence electrons. The van der Waals surface area contributed by atoms with Gasteiger partial charge in [0.15, 0.2) is 0 Å². The highest BCUT2D eigenvalue weighted by atomic mass is 16.7. The van der Waals surface area contributed by atoms with E-state index in [2.05, 4.69) is 34.6 Å². The predicted molar refractivity (Wildman–Crippen MR) is 101 cm³/mol. The summed E-state index contributed by atoms with van der Waals surface area (Å²) in [5.41, 5.74) is -0.578. The molecule has 2 fully saturated rings. The Bertz CT molecular complexity index is 519. The van der Waals surface area contributed by atoms with Gasteiger partial charge in [-0.2, -0.15) is 0 Å². The zero-order valence-electron chi connectivity index (χ0n) is 17.3. The molecule has 0 aliphatic heterocycles. The molecule has 0 unspecified atom stereocenters. The Kier molecular flexibility index (Phi) is 6.04. The van der Waals surface area contributed by atoms with Crippen LogP contribution in [0.4, 0.5) is 4.79 Å². The van der Waals surface area contributed by atoms with Crippen molar-refractivity contribution in [1.82, 2.24) is 0 Å². The zero-order chi connectivity index (χ0) is 19.9. The van der Waals surface area contributed by atoms with Crippen LogP contribution in [0.2, 0.25) is 0 Å². The summed E-state index contributed by atoms with van der Waals surface area (Å²) < 4.78 is 5.05. The van der Waals surface area contributed by atoms with Crippen molar-refractivity contribution in [3.8, 4) is 0 Å². The van der Waals surface area contributed by atoms with Gasteiger partial charge < -0.3 is 20.1 Å². The number of carboxylic acid groups (broad SMARTS) is 1. The number of hydrogen-bond donors (Lipinski definition) is 3. The van der Waals surface area contributed by atoms with E-state index in [4.69, 9.17) is 4.74 Å². The van der Waals surface area contributed by atoms with Crippen LogP contribution in [0.1, 0.15) is 80.1 Å². The van der Waals surface area contributed by atoms with E-state index < -0.39 is 24.0 Å². The number of rotatable bonds is 5. The first-order chi connectivity index (χ1) is 11.9. The lowest BCUT2D eigenvalue weighted by Gasteiger charge is -2.64. The maximum absolute atomic E-state index is 11.4. The molecule has 0 spiro atoms. The Hall–Kier alpha value is -0.810. The van der Waals surface area contributed by atoms with Crippen molar-refractivity contribution in [2.24, 2.45) is 34.5 Å². The molecule has 2 aliphatic rings. The molecule has 0 amide bonds. The summed E-state index contributed by atoms with van der Waals surface area (Å²) in [6, 6.07) is 0. The standard InChI is InChI=1S/C21H38O5/c1-7-13(2)9-10-15-14(3)16(22)21(25,26-18(23)24)17-19(4,5)11-8-12-20(15,17)6/h13-17,22,25H,7-12H2,1-6H3,(H,23,24)/t13-,14-,15+,16+,17+,20-,21-/m1/s1. The minimum Gasteiger partial charge on any atom is -0.450 e. The first-order valence-corrected chi connectivity index (χ1v) is 10.2. The van der Waals surface area contributed by atoms with E-state index in [1.165, 1.54) is 0 Å². The Labute approximate surface area is 158 Å². The fraction of sp³-hybridized carbons (Fsp3) is 0.952. The second kappa shape index (κ2) is 7.31. The fourth-order valence-electron chi connectivity index (χ4n) is 6.43. The summed E-state index contributed by atoms with van der Waals surface area (Å²) in [5.74, 6) is -1.86. The minimum absolute atomic E-state index is 0.224. The Balaban J connectivity index is 2.48. The third-order valence-corrected chi connectivity index (χ3v) is 7.71. The van der Waals surface area contributed by atoms with Crippen LogP contribution in [-0.2, 0) is 4.74 Å². The van der Waals surface area contributed by atoms with Crippen molar-refractivity contribution in [3.63, 3.8) is 0 Å². The number of aliphatic hydroxyl groups excluding tert-OH is 1. The van der Waals surface area contributed by atoms with E-state index in [1.807, 2.05) is 6.92 Å². The lowest BCUT2D eigenvalue weighted by atomic mass is 9.43. The monoisotopic (exact) mass is 370 g/mol. The highest BCUT2D eigenvalue weighted by molar-refractivity contribution is 5.57. The summed E-state index contributed by atoms with van der Waals surface area (Å²) in [4.78, 5) is 11.4. The molecule has 5 heteroatoms. The second-order valence-corrected chi connectivity index (χ2v) is 9.90. The van der Waals surface area contributed by atoms with E-state index in [0.717, 1.165) is 38.5 Å². The summed E-state index contributed by atoms with van der Waals surface area (Å²) in [6.07, 6.45) is 3.31. The van der Waals surface area contributed by atoms with Crippen molar-refractivity contribution in [3.05, 3.63) is 0 Å². The van der Waals surface area contributed by atoms with Gasteiger partial charge in [0.1, 0.15) is 6.10 Å². The summed E-state index contributed by atoms with van der Waals surface area (Å²) in [6.45, 7) is 12.7. The molecule has 3 N–H and O–H groups in total. The first-order valence-electron chi connectivity index (χ1n) is 10.2. The van der Waals surface area contributed by atoms with Crippen LogP contribution in [-0.4, -0.2) is 33.4 Å². The molecule has 0 saturated heterocycles. The van der Waals surface area contributed by atoms with E-state index in [-0.39, 0.29) is 22.7 Å². The Morgan fingerprint density at radius 3 is 2.42 bits per heavy atom. The van der Waals surface area contributed by atoms with Gasteiger partial charge in [-0.25, -0.2) is 4.79 Å². The molecule has 7 atom stereocenters. The van der Waals surface area contributed by atoms with Gasteiger partial charge in [-0.05, 0) is 47.8 Å². The third kappa shape index (κ3) is 3.49. The second-order valence-electron chi connectivity index (χ2n) is 9.90. The lowest BCUT2D eigenvalue weighted by molar-refractivity contribution is -0.350. The fourth-order valence-corrected chi connectivity index (χ4v) is 6.43. The Morgan fingerprint density at radius 2 is 1.88 bits per heavy atom. The topological polar surface area (TPSA) is 87.0 Å². The summed E-state index contributed by atoms with van der Waals surface area (Å²) >= 11 is 0. The average Bonchev–Trinajstić information content (AvgIpc) is 2.50. The van der Waals surface area contributed by atoms with Crippen LogP contribution < -0.4 is 0 Å². The van der Waals surface area contributed by atoms with Crippen molar-refractivity contribution in [1.29, 1.82) is 0 Å². The zero-order valence-corrected chi connectivity index (χ0v) is 17.3. The molecule has 26 heavy (non-hydrogen) atoms. The molecule has 2 rings (SSSR count). The third-order valence-electron chi connectivity index (χ3n) is 7.71. The van der Waals surface area contributed by atoms with E-state index >= 15 is 0 Å². The molecule has 0 aromatic heterocycles. The van der Waals surface area contributed by atoms with Crippen LogP contribution >= 0.6 is 0 Å². The largest absolute Gasteiger partial charge is 0.508 e. The maximum atomic E-state index is 11.4. The number of ether oxygens (including phenoxy) is 1. The molecule has 0 bridgehead atoms. The molecular weight excluding hydrogens is 332 g/mol. The SMILES string of the molecule is CC[C@@H](C)CC[C@H]1[C@@H](C)[C@H](O)[C@@](O)(OC(=O)O)[C@H]2C(C)(C)CCC[C@]12C. The highest BCUT2D eigenvalue weighted by Gasteiger charge is 2.68. The molecule has 0 aromatic rings. The van der Waals surface area contributed by atoms with Crippen LogP contribution in [0.5, 0.6) is 0 Å². The van der Waals surface area contributed by atoms with Gasteiger partial charge in [-0.1, -0.05) is 60.8 Å². The minimum atomic E-state index is -2.06. The van der Waals surface area contributed by atoms with Gasteiger partial charge in [0.2, 0.25) is 5.79 Å². The van der Waals surface area contributed by atoms with Gasteiger partial charge in [0.05, 0.1) is 0 Å². The van der Waals surface area contributed by atoms with Crippen molar-refractivity contribution in [2.75, 3.05) is 0 Å². The summed E-state index contributed by atoms with van der Waals surface area (Å²) in [5, 5.41) is 31.6. The molecule has 0 heterocycles. The van der Waals surface area contributed by atoms with Crippen molar-refractivity contribution in [2.45, 2.75) is 92.0 Å². The number of aliphatic hydroxyl groups is 2. The molecule has 2 saturated carbocycles. The quantitative estimate of drug-likeness (QED) is 0.484. The smallest absolute Gasteiger partial charge is 0.450 e. The highest BCUT2D eigenvalue weighted by Crippen LogP contribution is 2.65. The molecule has 0 aromatic carbocycles. The van der Waals surface area contributed by atoms with E-state index in [9.17, 15) is 20.1 Å². The normalized spacial score (nSPS) is 43.4. The van der Waals surface area contributed by atoms with Gasteiger partial charge in [-0.15, -0.1) is 0 Å². The first kappa shape index (κ1) is 21.5. The van der Waals surface area contributed by atoms with E-state index in [1.54, 1.807) is 0 Å². The van der Waals surface area contributed by atoms with Gasteiger partial charge in [0, 0.05) is 5.92 Å². The van der Waals surface area contributed by atoms with Gasteiger partial charge in [-0.3, -0.25) is 0 Å². The van der Waals surface area contributed by atoms with Crippen LogP contribution in [0.15, 0.2) is 0 Å². The molecular formula is C21H38O5. The van der Waals surface area contributed by atoms with Gasteiger partial charge in [0.25, 0.3) is 0 Å². The lowest BCUT2D eigenvalue weighted by Crippen LogP contribution is -2.70. The van der Waals surface area contributed by atoms with Crippen LogP contribution in [0.3, 0.4) is 0 Å². The van der Waals surface area contributed by atoms with Crippen LogP contribution in [0.25, 0.3) is 0 Å². The van der Waals surface area contributed by atoms with Crippen molar-refractivity contribution < 1.29 is 24.9 Å². The number of hydrogen-bond acceptors (Lipinski definition) is 4. The summed E-state index contributed by atoms with van der Waals surface area (Å²) in [7, 11) is 0. The van der Waals surface area contributed by atoms with E-state index in [0.29, 0.717) is 5.92 Å². The molecule has 2 aliphatic carbocycles.